The Morgan fingerprint density at radius 2 is 1.76 bits per heavy atom. The molecule has 0 aliphatic heterocycles. The fraction of sp³-hybridized carbons (Fsp3) is 0.500. The number of aliphatic carboxylic acids is 1. The molecule has 2 aliphatic carbocycles. The van der Waals surface area contributed by atoms with Gasteiger partial charge in [0.25, 0.3) is 0 Å². The predicted octanol–water partition coefficient (Wildman–Crippen LogP) is 7.38. The molecule has 0 heterocycles. The van der Waals surface area contributed by atoms with Crippen LogP contribution in [-0.4, -0.2) is 29.0 Å². The Labute approximate surface area is 245 Å². The average Bonchev–Trinajstić information content (AvgIpc) is 3.43. The normalized spacial score (nSPS) is 23.7. The van der Waals surface area contributed by atoms with E-state index in [1.54, 1.807) is 12.1 Å². The van der Waals surface area contributed by atoms with E-state index >= 15 is 0 Å². The molecular formula is C36H47NO4. The zero-order valence-electron chi connectivity index (χ0n) is 24.3. The first kappa shape index (κ1) is 30.8. The fourth-order valence-corrected chi connectivity index (χ4v) is 6.89. The van der Waals surface area contributed by atoms with E-state index in [9.17, 15) is 19.8 Å². The van der Waals surface area contributed by atoms with Gasteiger partial charge in [-0.3, -0.25) is 4.79 Å². The molecule has 4 rings (SSSR count). The van der Waals surface area contributed by atoms with Gasteiger partial charge in [-0.05, 0) is 111 Å². The quantitative estimate of drug-likeness (QED) is 0.144. The van der Waals surface area contributed by atoms with Crippen LogP contribution in [0.5, 0.6) is 5.75 Å². The third-order valence-corrected chi connectivity index (χ3v) is 9.25. The maximum absolute atomic E-state index is 11.9. The monoisotopic (exact) mass is 557 g/mol. The minimum atomic E-state index is -0.743. The minimum Gasteiger partial charge on any atom is -0.508 e. The second-order valence-corrected chi connectivity index (χ2v) is 12.2. The molecule has 0 fully saturated rings. The van der Waals surface area contributed by atoms with E-state index in [4.69, 9.17) is 5.73 Å². The minimum absolute atomic E-state index is 0.105. The van der Waals surface area contributed by atoms with Gasteiger partial charge in [-0.15, -0.1) is 0 Å². The van der Waals surface area contributed by atoms with Crippen LogP contribution in [0.25, 0.3) is 0 Å². The average molecular weight is 558 g/mol. The predicted molar refractivity (Wildman–Crippen MR) is 165 cm³/mol. The van der Waals surface area contributed by atoms with Gasteiger partial charge >= 0.3 is 5.97 Å². The lowest BCUT2D eigenvalue weighted by atomic mass is 9.76. The van der Waals surface area contributed by atoms with E-state index in [0.717, 1.165) is 69.8 Å². The molecule has 0 saturated heterocycles. The number of phenolic OH excluding ortho intramolecular Hbond substituents is 1. The van der Waals surface area contributed by atoms with Crippen molar-refractivity contribution in [2.75, 3.05) is 6.54 Å². The summed E-state index contributed by atoms with van der Waals surface area (Å²) in [4.78, 5) is 23.8. The molecule has 2 aromatic rings. The maximum Gasteiger partial charge on any atom is 0.307 e. The summed E-state index contributed by atoms with van der Waals surface area (Å²) >= 11 is 0. The van der Waals surface area contributed by atoms with E-state index in [-0.39, 0.29) is 17.6 Å². The molecule has 0 radical (unpaired) electrons. The Kier molecular flexibility index (Phi) is 11.8. The smallest absolute Gasteiger partial charge is 0.307 e. The molecule has 0 aromatic heterocycles. The summed E-state index contributed by atoms with van der Waals surface area (Å²) in [6, 6.07) is 16.1. The van der Waals surface area contributed by atoms with E-state index in [1.807, 2.05) is 6.07 Å². The second kappa shape index (κ2) is 15.7. The van der Waals surface area contributed by atoms with Crippen molar-refractivity contribution in [3.05, 3.63) is 89.0 Å². The number of hydrogen-bond acceptors (Lipinski definition) is 4. The largest absolute Gasteiger partial charge is 0.508 e. The molecular weight excluding hydrogens is 510 g/mol. The van der Waals surface area contributed by atoms with Crippen molar-refractivity contribution in [3.63, 3.8) is 0 Å². The number of allylic oxidation sites excluding steroid dienone is 3. The molecule has 0 saturated carbocycles. The summed E-state index contributed by atoms with van der Waals surface area (Å²) in [5, 5.41) is 19.7. The number of carboxylic acid groups (broad SMARTS) is 1. The number of aromatic hydroxyl groups is 1. The van der Waals surface area contributed by atoms with Gasteiger partial charge in [0.15, 0.2) is 0 Å². The van der Waals surface area contributed by atoms with Crippen LogP contribution in [-0.2, 0) is 22.4 Å². The molecule has 41 heavy (non-hydrogen) atoms. The second-order valence-electron chi connectivity index (χ2n) is 12.2. The standard InChI is InChI=1S/C36H47NO4/c37-20-19-26-13-14-31(22-26)33(25-38)12-3-1-2-9-29-10-4-5-11-32(36(40)41)23-27-7-6-8-28(21-27)24-35(29)30-15-17-34(39)18-16-30/h4-8,15-18,21-22,25,29,31-33,35,39H,1-3,9-14,19-20,23-24,37H2,(H,40,41). The topological polar surface area (TPSA) is 101 Å². The number of carbonyl (C=O) groups excluding carboxylic acids is 1. The van der Waals surface area contributed by atoms with Gasteiger partial charge in [0.1, 0.15) is 12.0 Å². The van der Waals surface area contributed by atoms with Gasteiger partial charge in [-0.2, -0.15) is 0 Å². The van der Waals surface area contributed by atoms with Crippen LogP contribution in [0.3, 0.4) is 0 Å². The fourth-order valence-electron chi connectivity index (χ4n) is 6.89. The Balaban J connectivity index is 1.44. The third kappa shape index (κ3) is 9.16. The van der Waals surface area contributed by atoms with Crippen molar-refractivity contribution in [2.45, 2.75) is 83.0 Å². The summed E-state index contributed by atoms with van der Waals surface area (Å²) in [5.74, 6) is 0.269. The summed E-state index contributed by atoms with van der Waals surface area (Å²) in [7, 11) is 0. The van der Waals surface area contributed by atoms with Crippen LogP contribution in [0.4, 0.5) is 0 Å². The maximum atomic E-state index is 11.9. The SMILES string of the molecule is NCCC1=CC(C(C=O)CCCCCC2CC=CCC(C(=O)O)Cc3cccc(c3)CC2c2ccc(O)cc2)CC1. The van der Waals surface area contributed by atoms with Crippen molar-refractivity contribution < 1.29 is 19.8 Å². The number of nitrogens with two attached hydrogens (primary N) is 1. The summed E-state index contributed by atoms with van der Waals surface area (Å²) in [6.07, 6.45) is 18.9. The Hall–Kier alpha value is -3.18. The highest BCUT2D eigenvalue weighted by Gasteiger charge is 2.26. The van der Waals surface area contributed by atoms with E-state index < -0.39 is 11.9 Å². The van der Waals surface area contributed by atoms with Gasteiger partial charge in [0.2, 0.25) is 0 Å². The number of phenols is 1. The molecule has 0 spiro atoms. The summed E-state index contributed by atoms with van der Waals surface area (Å²) in [6.45, 7) is 0.678. The molecule has 4 N–H and O–H groups in total. The molecule has 5 nitrogen and oxygen atoms in total. The molecule has 5 unspecified atom stereocenters. The first-order valence-electron chi connectivity index (χ1n) is 15.6. The molecule has 2 aromatic carbocycles. The number of aldehydes is 1. The van der Waals surface area contributed by atoms with Crippen LogP contribution < -0.4 is 5.73 Å². The number of unbranched alkanes of at least 4 members (excludes halogenated alkanes) is 2. The Morgan fingerprint density at radius 1 is 1.00 bits per heavy atom. The van der Waals surface area contributed by atoms with Crippen molar-refractivity contribution in [2.24, 2.45) is 29.4 Å². The van der Waals surface area contributed by atoms with Gasteiger partial charge < -0.3 is 20.7 Å². The number of fused-ring (bicyclic) bond motifs is 2. The van der Waals surface area contributed by atoms with Crippen molar-refractivity contribution >= 4 is 12.3 Å². The van der Waals surface area contributed by atoms with Crippen LogP contribution >= 0.6 is 0 Å². The lowest BCUT2D eigenvalue weighted by Gasteiger charge is -2.28. The van der Waals surface area contributed by atoms with Gasteiger partial charge in [0.05, 0.1) is 5.92 Å². The van der Waals surface area contributed by atoms with Crippen molar-refractivity contribution in [1.82, 2.24) is 0 Å². The number of carbonyl (C=O) groups is 2. The highest BCUT2D eigenvalue weighted by atomic mass is 16.4. The van der Waals surface area contributed by atoms with Crippen molar-refractivity contribution in [3.8, 4) is 5.75 Å². The molecule has 2 bridgehead atoms. The molecule has 5 atom stereocenters. The van der Waals surface area contributed by atoms with Gasteiger partial charge in [-0.1, -0.05) is 79.5 Å². The lowest BCUT2D eigenvalue weighted by molar-refractivity contribution is -0.141. The number of carboxylic acids is 1. The van der Waals surface area contributed by atoms with Crippen LogP contribution in [0, 0.1) is 23.7 Å². The first-order valence-corrected chi connectivity index (χ1v) is 15.6. The molecule has 5 heteroatoms. The van der Waals surface area contributed by atoms with E-state index in [0.29, 0.717) is 31.2 Å². The molecule has 2 aliphatic rings. The Morgan fingerprint density at radius 3 is 2.49 bits per heavy atom. The van der Waals surface area contributed by atoms with E-state index in [2.05, 4.69) is 48.6 Å². The number of rotatable bonds is 12. The van der Waals surface area contributed by atoms with Crippen LogP contribution in [0.2, 0.25) is 0 Å². The number of hydrogen-bond donors (Lipinski definition) is 3. The van der Waals surface area contributed by atoms with Crippen LogP contribution in [0.1, 0.15) is 86.8 Å². The summed E-state index contributed by atoms with van der Waals surface area (Å²) < 4.78 is 0. The summed E-state index contributed by atoms with van der Waals surface area (Å²) in [5.41, 5.74) is 10.7. The highest BCUT2D eigenvalue weighted by Crippen LogP contribution is 2.37. The van der Waals surface area contributed by atoms with Gasteiger partial charge in [-0.25, -0.2) is 0 Å². The Bertz CT molecular complexity index is 1180. The first-order chi connectivity index (χ1) is 20.0. The van der Waals surface area contributed by atoms with Crippen molar-refractivity contribution in [1.29, 1.82) is 0 Å². The zero-order chi connectivity index (χ0) is 29.0. The lowest BCUT2D eigenvalue weighted by Crippen LogP contribution is -2.18. The van der Waals surface area contributed by atoms with E-state index in [1.165, 1.54) is 23.0 Å². The zero-order valence-corrected chi connectivity index (χ0v) is 24.3. The highest BCUT2D eigenvalue weighted by molar-refractivity contribution is 5.70. The molecule has 0 amide bonds. The van der Waals surface area contributed by atoms with Crippen LogP contribution in [0.15, 0.2) is 72.3 Å². The van der Waals surface area contributed by atoms with Gasteiger partial charge in [0, 0.05) is 5.92 Å². The molecule has 220 valence electrons. The third-order valence-electron chi connectivity index (χ3n) is 9.25. The number of benzene rings is 2.